The molecule has 1 aromatic carbocycles. The maximum Gasteiger partial charge on any atom is 0.257 e. The van der Waals surface area contributed by atoms with Crippen molar-refractivity contribution in [2.75, 3.05) is 7.05 Å². The van der Waals surface area contributed by atoms with Gasteiger partial charge in [0.1, 0.15) is 11.0 Å². The molecule has 0 aliphatic heterocycles. The third kappa shape index (κ3) is 3.55. The van der Waals surface area contributed by atoms with Crippen LogP contribution in [0.2, 0.25) is 5.15 Å². The van der Waals surface area contributed by atoms with Crippen LogP contribution in [-0.4, -0.2) is 22.8 Å². The molecule has 20 heavy (non-hydrogen) atoms. The van der Waals surface area contributed by atoms with Gasteiger partial charge in [0.05, 0.1) is 5.56 Å². The Morgan fingerprint density at radius 3 is 2.90 bits per heavy atom. The minimum absolute atomic E-state index is 0.143. The lowest BCUT2D eigenvalue weighted by Crippen LogP contribution is -2.26. The number of aromatic nitrogens is 1. The fourth-order valence-electron chi connectivity index (χ4n) is 1.76. The maximum absolute atomic E-state index is 13.1. The van der Waals surface area contributed by atoms with Crippen molar-refractivity contribution in [1.82, 2.24) is 9.88 Å². The monoisotopic (exact) mass is 356 g/mol. The van der Waals surface area contributed by atoms with E-state index in [0.29, 0.717) is 22.1 Å². The first-order valence-electron chi connectivity index (χ1n) is 5.78. The van der Waals surface area contributed by atoms with Gasteiger partial charge in [-0.15, -0.1) is 0 Å². The predicted molar refractivity (Wildman–Crippen MR) is 79.1 cm³/mol. The molecule has 0 N–H and O–H groups in total. The van der Waals surface area contributed by atoms with Crippen LogP contribution in [-0.2, 0) is 6.54 Å². The summed E-state index contributed by atoms with van der Waals surface area (Å²) in [6, 6.07) is 7.73. The van der Waals surface area contributed by atoms with Crippen LogP contribution < -0.4 is 0 Å². The van der Waals surface area contributed by atoms with Gasteiger partial charge in [-0.05, 0) is 39.7 Å². The van der Waals surface area contributed by atoms with Gasteiger partial charge in [-0.2, -0.15) is 0 Å². The van der Waals surface area contributed by atoms with E-state index in [1.807, 2.05) is 0 Å². The number of carbonyl (C=O) groups excluding carboxylic acids is 1. The molecule has 0 atom stereocenters. The van der Waals surface area contributed by atoms with Gasteiger partial charge in [0.15, 0.2) is 0 Å². The molecule has 0 spiro atoms. The van der Waals surface area contributed by atoms with Gasteiger partial charge in [0.25, 0.3) is 5.91 Å². The molecule has 3 nitrogen and oxygen atoms in total. The minimum atomic E-state index is -0.328. The molecule has 0 radical (unpaired) electrons. The fourth-order valence-corrected chi connectivity index (χ4v) is 2.27. The van der Waals surface area contributed by atoms with Crippen molar-refractivity contribution in [1.29, 1.82) is 0 Å². The van der Waals surface area contributed by atoms with E-state index in [0.717, 1.165) is 0 Å². The van der Waals surface area contributed by atoms with E-state index in [2.05, 4.69) is 20.9 Å². The highest BCUT2D eigenvalue weighted by Gasteiger charge is 2.17. The SMILES string of the molecule is CN(Cc1cccc(F)c1)C(=O)c1cc(Br)cnc1Cl. The molecule has 0 saturated carbocycles. The Labute approximate surface area is 129 Å². The normalized spacial score (nSPS) is 10.4. The number of carbonyl (C=O) groups is 1. The largest absolute Gasteiger partial charge is 0.337 e. The molecular formula is C14H11BrClFN2O. The molecule has 0 aliphatic rings. The van der Waals surface area contributed by atoms with E-state index < -0.39 is 0 Å². The number of hydrogen-bond donors (Lipinski definition) is 0. The van der Waals surface area contributed by atoms with Gasteiger partial charge < -0.3 is 4.90 Å². The summed E-state index contributed by atoms with van der Waals surface area (Å²) < 4.78 is 13.8. The van der Waals surface area contributed by atoms with Gasteiger partial charge >= 0.3 is 0 Å². The summed E-state index contributed by atoms with van der Waals surface area (Å²) in [7, 11) is 1.63. The Balaban J connectivity index is 2.18. The number of amides is 1. The number of halogens is 3. The van der Waals surface area contributed by atoms with Crippen LogP contribution in [0.1, 0.15) is 15.9 Å². The van der Waals surface area contributed by atoms with Crippen LogP contribution in [0.15, 0.2) is 41.0 Å². The van der Waals surface area contributed by atoms with Crippen LogP contribution in [0.3, 0.4) is 0 Å². The van der Waals surface area contributed by atoms with Crippen molar-refractivity contribution >= 4 is 33.4 Å². The van der Waals surface area contributed by atoms with Gasteiger partial charge in [-0.1, -0.05) is 23.7 Å². The molecule has 2 aromatic rings. The topological polar surface area (TPSA) is 33.2 Å². The van der Waals surface area contributed by atoms with E-state index in [1.54, 1.807) is 25.2 Å². The fraction of sp³-hybridized carbons (Fsp3) is 0.143. The van der Waals surface area contributed by atoms with Crippen molar-refractivity contribution in [3.8, 4) is 0 Å². The van der Waals surface area contributed by atoms with Gasteiger partial charge in [-0.3, -0.25) is 4.79 Å². The maximum atomic E-state index is 13.1. The second kappa shape index (κ2) is 6.33. The molecule has 0 saturated heterocycles. The van der Waals surface area contributed by atoms with Crippen LogP contribution in [0, 0.1) is 5.82 Å². The van der Waals surface area contributed by atoms with E-state index in [-0.39, 0.29) is 16.9 Å². The van der Waals surface area contributed by atoms with Crippen molar-refractivity contribution in [3.63, 3.8) is 0 Å². The average molecular weight is 358 g/mol. The number of hydrogen-bond acceptors (Lipinski definition) is 2. The zero-order chi connectivity index (χ0) is 14.7. The van der Waals surface area contributed by atoms with Crippen molar-refractivity contribution in [3.05, 3.63) is 63.1 Å². The standard InChI is InChI=1S/C14H11BrClFN2O/c1-19(8-9-3-2-4-11(17)5-9)14(20)12-6-10(15)7-18-13(12)16/h2-7H,8H2,1H3. The minimum Gasteiger partial charge on any atom is -0.337 e. The van der Waals surface area contributed by atoms with Crippen molar-refractivity contribution in [2.45, 2.75) is 6.54 Å². The second-order valence-corrected chi connectivity index (χ2v) is 5.56. The Morgan fingerprint density at radius 1 is 1.45 bits per heavy atom. The Bertz CT molecular complexity index is 651. The lowest BCUT2D eigenvalue weighted by molar-refractivity contribution is 0.0784. The number of nitrogens with zero attached hydrogens (tertiary/aromatic N) is 2. The molecule has 2 rings (SSSR count). The number of pyridine rings is 1. The molecule has 1 aromatic heterocycles. The molecule has 0 fully saturated rings. The van der Waals surface area contributed by atoms with Crippen LogP contribution >= 0.6 is 27.5 Å². The molecule has 0 aliphatic carbocycles. The quantitative estimate of drug-likeness (QED) is 0.780. The first-order valence-corrected chi connectivity index (χ1v) is 6.95. The number of rotatable bonds is 3. The molecule has 6 heteroatoms. The van der Waals surface area contributed by atoms with E-state index in [4.69, 9.17) is 11.6 Å². The zero-order valence-electron chi connectivity index (χ0n) is 10.6. The Kier molecular flexibility index (Phi) is 4.73. The lowest BCUT2D eigenvalue weighted by Gasteiger charge is -2.18. The summed E-state index contributed by atoms with van der Waals surface area (Å²) in [6.45, 7) is 0.291. The summed E-state index contributed by atoms with van der Waals surface area (Å²) in [6.07, 6.45) is 1.52. The van der Waals surface area contributed by atoms with E-state index >= 15 is 0 Å². The highest BCUT2D eigenvalue weighted by molar-refractivity contribution is 9.10. The molecule has 0 bridgehead atoms. The van der Waals surface area contributed by atoms with Crippen molar-refractivity contribution < 1.29 is 9.18 Å². The first kappa shape index (κ1) is 14.9. The number of benzene rings is 1. The first-order chi connectivity index (χ1) is 9.47. The Hall–Kier alpha value is -1.46. The van der Waals surface area contributed by atoms with Gasteiger partial charge in [0, 0.05) is 24.3 Å². The van der Waals surface area contributed by atoms with E-state index in [9.17, 15) is 9.18 Å². The third-order valence-corrected chi connectivity index (χ3v) is 3.43. The predicted octanol–water partition coefficient (Wildman–Crippen LogP) is 3.91. The molecule has 104 valence electrons. The highest BCUT2D eigenvalue weighted by Crippen LogP contribution is 2.20. The van der Waals surface area contributed by atoms with Crippen LogP contribution in [0.5, 0.6) is 0 Å². The van der Waals surface area contributed by atoms with Crippen molar-refractivity contribution in [2.24, 2.45) is 0 Å². The zero-order valence-corrected chi connectivity index (χ0v) is 12.9. The Morgan fingerprint density at radius 2 is 2.20 bits per heavy atom. The summed E-state index contributed by atoms with van der Waals surface area (Å²) in [5, 5.41) is 0.143. The van der Waals surface area contributed by atoms with Gasteiger partial charge in [-0.25, -0.2) is 9.37 Å². The molecule has 0 unspecified atom stereocenters. The summed E-state index contributed by atoms with van der Waals surface area (Å²) in [5.74, 6) is -0.599. The van der Waals surface area contributed by atoms with Crippen LogP contribution in [0.25, 0.3) is 0 Å². The molecular weight excluding hydrogens is 347 g/mol. The molecule has 1 heterocycles. The summed E-state index contributed by atoms with van der Waals surface area (Å²) >= 11 is 9.17. The smallest absolute Gasteiger partial charge is 0.257 e. The lowest BCUT2D eigenvalue weighted by atomic mass is 10.2. The van der Waals surface area contributed by atoms with E-state index in [1.165, 1.54) is 23.2 Å². The third-order valence-electron chi connectivity index (χ3n) is 2.69. The van der Waals surface area contributed by atoms with Gasteiger partial charge in [0.2, 0.25) is 0 Å². The van der Waals surface area contributed by atoms with Crippen LogP contribution in [0.4, 0.5) is 4.39 Å². The summed E-state index contributed by atoms with van der Waals surface area (Å²) in [4.78, 5) is 17.7. The summed E-state index contributed by atoms with van der Waals surface area (Å²) in [5.41, 5.74) is 1.01. The molecule has 1 amide bonds. The highest BCUT2D eigenvalue weighted by atomic mass is 79.9. The second-order valence-electron chi connectivity index (χ2n) is 4.28. The average Bonchev–Trinajstić information content (AvgIpc) is 2.40.